The number of furan rings is 1. The Morgan fingerprint density at radius 2 is 1.36 bits per heavy atom. The largest absolute Gasteiger partial charge is 0.455 e. The van der Waals surface area contributed by atoms with E-state index in [0.717, 1.165) is 88.3 Å². The van der Waals surface area contributed by atoms with E-state index in [2.05, 4.69) is 116 Å². The van der Waals surface area contributed by atoms with Crippen molar-refractivity contribution in [3.8, 4) is 22.3 Å². The highest BCUT2D eigenvalue weighted by Crippen LogP contribution is 2.43. The molecule has 0 spiro atoms. The van der Waals surface area contributed by atoms with Gasteiger partial charge in [-0.1, -0.05) is 116 Å². The van der Waals surface area contributed by atoms with Gasteiger partial charge in [0.1, 0.15) is 11.2 Å². The molecule has 42 heavy (non-hydrogen) atoms. The van der Waals surface area contributed by atoms with Crippen molar-refractivity contribution in [2.24, 2.45) is 4.99 Å². The second-order valence-corrected chi connectivity index (χ2v) is 10.5. The van der Waals surface area contributed by atoms with E-state index in [4.69, 9.17) is 14.4 Å². The van der Waals surface area contributed by atoms with Crippen LogP contribution in [0.4, 0.5) is 0 Å². The molecule has 0 atom stereocenters. The molecule has 0 aliphatic heterocycles. The van der Waals surface area contributed by atoms with E-state index in [-0.39, 0.29) is 0 Å². The summed E-state index contributed by atoms with van der Waals surface area (Å²) in [6, 6.07) is 34.1. The fourth-order valence-corrected chi connectivity index (χ4v) is 6.45. The fraction of sp³-hybridized carbons (Fsp3) is 0.0256. The number of nitrogens with zero attached hydrogens (tertiary/aromatic N) is 2. The summed E-state index contributed by atoms with van der Waals surface area (Å²) >= 11 is 0. The van der Waals surface area contributed by atoms with Crippen molar-refractivity contribution in [1.82, 2.24) is 4.98 Å². The standard InChI is InChI=1S/C39H26N2O/c1-3-24-19-20-25-10-5-13-28(34(25)36(24)40-4-2)30-15-7-17-32-33-18-8-16-31(39(33)42-38(30)32)29-14-6-11-26-21-22-27-12-9-23-41-37(27)35(26)29/h3-23H,2H2,1H3/b24-3-,40-36?. The smallest absolute Gasteiger partial charge is 0.143 e. The van der Waals surface area contributed by atoms with Crippen LogP contribution in [0.5, 0.6) is 0 Å². The van der Waals surface area contributed by atoms with Gasteiger partial charge in [0.05, 0.1) is 11.2 Å². The lowest BCUT2D eigenvalue weighted by atomic mass is 9.85. The molecule has 0 fully saturated rings. The zero-order valence-electron chi connectivity index (χ0n) is 23.1. The normalized spacial score (nSPS) is 14.9. The highest BCUT2D eigenvalue weighted by Gasteiger charge is 2.23. The minimum absolute atomic E-state index is 0.867. The molecule has 3 nitrogen and oxygen atoms in total. The van der Waals surface area contributed by atoms with Crippen molar-refractivity contribution in [1.29, 1.82) is 0 Å². The number of para-hydroxylation sites is 2. The third-order valence-electron chi connectivity index (χ3n) is 8.30. The van der Waals surface area contributed by atoms with Crippen LogP contribution in [0.25, 0.3) is 71.9 Å². The van der Waals surface area contributed by atoms with Gasteiger partial charge in [0.2, 0.25) is 0 Å². The Hall–Kier alpha value is -5.54. The minimum atomic E-state index is 0.867. The van der Waals surface area contributed by atoms with Gasteiger partial charge < -0.3 is 4.42 Å². The highest BCUT2D eigenvalue weighted by molar-refractivity contribution is 6.24. The monoisotopic (exact) mass is 538 g/mol. The van der Waals surface area contributed by atoms with Crippen LogP contribution in [0.3, 0.4) is 0 Å². The second-order valence-electron chi connectivity index (χ2n) is 10.5. The zero-order chi connectivity index (χ0) is 28.2. The molecular formula is C39H26N2O. The van der Waals surface area contributed by atoms with Crippen molar-refractivity contribution in [2.75, 3.05) is 0 Å². The van der Waals surface area contributed by atoms with Gasteiger partial charge in [-0.2, -0.15) is 0 Å². The number of fused-ring (bicyclic) bond motifs is 7. The number of hydrogen-bond donors (Lipinski definition) is 0. The molecule has 0 unspecified atom stereocenters. The number of hydrogen-bond acceptors (Lipinski definition) is 3. The van der Waals surface area contributed by atoms with Crippen LogP contribution in [0, 0.1) is 0 Å². The van der Waals surface area contributed by atoms with E-state index < -0.39 is 0 Å². The molecular weight excluding hydrogens is 512 g/mol. The Bertz CT molecular complexity index is 2330. The van der Waals surface area contributed by atoms with Gasteiger partial charge in [0, 0.05) is 50.6 Å². The summed E-state index contributed by atoms with van der Waals surface area (Å²) in [5.41, 5.74) is 11.3. The van der Waals surface area contributed by atoms with Crippen LogP contribution in [0.2, 0.25) is 0 Å². The molecule has 0 saturated carbocycles. The average molecular weight is 539 g/mol. The van der Waals surface area contributed by atoms with Gasteiger partial charge in [0.25, 0.3) is 0 Å². The van der Waals surface area contributed by atoms with E-state index in [1.54, 1.807) is 6.20 Å². The third kappa shape index (κ3) is 3.54. The average Bonchev–Trinajstić information content (AvgIpc) is 3.43. The molecule has 0 bridgehead atoms. The van der Waals surface area contributed by atoms with E-state index in [9.17, 15) is 0 Å². The van der Waals surface area contributed by atoms with E-state index in [1.165, 1.54) is 0 Å². The first-order valence-corrected chi connectivity index (χ1v) is 14.1. The van der Waals surface area contributed by atoms with Crippen LogP contribution in [0.1, 0.15) is 18.1 Å². The Morgan fingerprint density at radius 1 is 0.690 bits per heavy atom. The lowest BCUT2D eigenvalue weighted by molar-refractivity contribution is 0.671. The Kier molecular flexibility index (Phi) is 5.51. The van der Waals surface area contributed by atoms with E-state index >= 15 is 0 Å². The second kappa shape index (κ2) is 9.53. The molecule has 0 N–H and O–H groups in total. The van der Waals surface area contributed by atoms with Gasteiger partial charge in [-0.15, -0.1) is 0 Å². The number of benzene rings is 5. The summed E-state index contributed by atoms with van der Waals surface area (Å²) in [4.78, 5) is 9.51. The van der Waals surface area contributed by atoms with Crippen LogP contribution in [-0.2, 0) is 0 Å². The molecule has 8 rings (SSSR count). The minimum Gasteiger partial charge on any atom is -0.455 e. The molecule has 5 aromatic carbocycles. The first-order valence-electron chi connectivity index (χ1n) is 14.1. The summed E-state index contributed by atoms with van der Waals surface area (Å²) in [5.74, 6) is 0. The Balaban J connectivity index is 1.43. The summed E-state index contributed by atoms with van der Waals surface area (Å²) in [6.07, 6.45) is 9.85. The number of aliphatic imine (C=N–C) groups is 1. The molecule has 7 aromatic rings. The van der Waals surface area contributed by atoms with Crippen molar-refractivity contribution in [2.45, 2.75) is 6.92 Å². The maximum atomic E-state index is 6.91. The molecule has 1 aliphatic rings. The van der Waals surface area contributed by atoms with Crippen molar-refractivity contribution in [3.05, 3.63) is 145 Å². The Morgan fingerprint density at radius 3 is 2.14 bits per heavy atom. The Labute approximate surface area is 243 Å². The molecule has 1 aliphatic carbocycles. The van der Waals surface area contributed by atoms with Crippen LogP contribution in [-0.4, -0.2) is 10.7 Å². The summed E-state index contributed by atoms with van der Waals surface area (Å²) in [5, 5.41) is 5.59. The van der Waals surface area contributed by atoms with E-state index in [0.29, 0.717) is 0 Å². The highest BCUT2D eigenvalue weighted by atomic mass is 16.3. The SMILES string of the molecule is C=CN=C1/C(=C\C)C=Cc2cccc(-c3cccc4c3oc3c(-c5cccc6ccc7cccnc7c56)cccc34)c21. The summed E-state index contributed by atoms with van der Waals surface area (Å²) in [7, 11) is 0. The zero-order valence-corrected chi connectivity index (χ0v) is 23.1. The van der Waals surface area contributed by atoms with Gasteiger partial charge in [-0.05, 0) is 40.6 Å². The number of rotatable bonds is 3. The topological polar surface area (TPSA) is 38.4 Å². The number of allylic oxidation sites excluding steroid dienone is 3. The first-order chi connectivity index (χ1) is 20.8. The quantitative estimate of drug-likeness (QED) is 0.210. The molecule has 3 heteroatoms. The molecule has 2 aromatic heterocycles. The van der Waals surface area contributed by atoms with Crippen molar-refractivity contribution >= 4 is 55.4 Å². The maximum Gasteiger partial charge on any atom is 0.143 e. The van der Waals surface area contributed by atoms with E-state index in [1.807, 2.05) is 19.2 Å². The molecule has 0 radical (unpaired) electrons. The first kappa shape index (κ1) is 24.3. The summed E-state index contributed by atoms with van der Waals surface area (Å²) < 4.78 is 6.91. The van der Waals surface area contributed by atoms with Crippen LogP contribution in [0.15, 0.2) is 143 Å². The van der Waals surface area contributed by atoms with Crippen molar-refractivity contribution in [3.63, 3.8) is 0 Å². The molecule has 0 saturated heterocycles. The van der Waals surface area contributed by atoms with Gasteiger partial charge in [0.15, 0.2) is 0 Å². The van der Waals surface area contributed by atoms with Gasteiger partial charge in [-0.3, -0.25) is 9.98 Å². The maximum absolute atomic E-state index is 6.91. The lowest BCUT2D eigenvalue weighted by Gasteiger charge is -2.19. The molecule has 0 amide bonds. The molecule has 2 heterocycles. The predicted molar refractivity (Wildman–Crippen MR) is 177 cm³/mol. The van der Waals surface area contributed by atoms with Crippen molar-refractivity contribution < 1.29 is 4.42 Å². The summed E-state index contributed by atoms with van der Waals surface area (Å²) in [6.45, 7) is 5.94. The fourth-order valence-electron chi connectivity index (χ4n) is 6.45. The van der Waals surface area contributed by atoms with Gasteiger partial charge >= 0.3 is 0 Å². The van der Waals surface area contributed by atoms with Crippen LogP contribution < -0.4 is 0 Å². The number of aromatic nitrogens is 1. The predicted octanol–water partition coefficient (Wildman–Crippen LogP) is 10.5. The van der Waals surface area contributed by atoms with Crippen LogP contribution >= 0.6 is 0 Å². The van der Waals surface area contributed by atoms with Gasteiger partial charge in [-0.25, -0.2) is 0 Å². The third-order valence-corrected chi connectivity index (χ3v) is 8.30. The lowest BCUT2D eigenvalue weighted by Crippen LogP contribution is -2.11. The number of pyridine rings is 1. The molecule has 198 valence electrons.